The van der Waals surface area contributed by atoms with Crippen molar-refractivity contribution in [1.82, 2.24) is 25.1 Å². The third kappa shape index (κ3) is 1.22. The Kier molecular flexibility index (Phi) is 1.78. The molecule has 0 aromatic carbocycles. The third-order valence-electron chi connectivity index (χ3n) is 2.33. The smallest absolute Gasteiger partial charge is 0.234 e. The van der Waals surface area contributed by atoms with E-state index in [1.54, 1.807) is 11.3 Å². The number of nitrogens with zero attached hydrogens (tertiary/aromatic N) is 4. The standard InChI is InChI=1S/C8H11N5S/c1-9-4-6-12-13-7(5-2-3-5)10-11-8(13)14-6/h5,9H,2-4H2,1H3. The van der Waals surface area contributed by atoms with Crippen molar-refractivity contribution in [2.75, 3.05) is 7.05 Å². The van der Waals surface area contributed by atoms with Crippen LogP contribution in [0.4, 0.5) is 0 Å². The van der Waals surface area contributed by atoms with Gasteiger partial charge in [-0.25, -0.2) is 0 Å². The summed E-state index contributed by atoms with van der Waals surface area (Å²) in [7, 11) is 1.92. The van der Waals surface area contributed by atoms with Crippen LogP contribution in [0.2, 0.25) is 0 Å². The first-order chi connectivity index (χ1) is 6.88. The first-order valence-corrected chi connectivity index (χ1v) is 5.56. The summed E-state index contributed by atoms with van der Waals surface area (Å²) < 4.78 is 1.90. The first kappa shape index (κ1) is 8.31. The van der Waals surface area contributed by atoms with Crippen LogP contribution in [-0.2, 0) is 6.54 Å². The highest BCUT2D eigenvalue weighted by atomic mass is 32.1. The number of fused-ring (bicyclic) bond motifs is 1. The van der Waals surface area contributed by atoms with Gasteiger partial charge in [0, 0.05) is 12.5 Å². The maximum Gasteiger partial charge on any atom is 0.234 e. The van der Waals surface area contributed by atoms with Gasteiger partial charge in [-0.3, -0.25) is 0 Å². The van der Waals surface area contributed by atoms with Crippen LogP contribution in [0.25, 0.3) is 4.96 Å². The largest absolute Gasteiger partial charge is 0.313 e. The Morgan fingerprint density at radius 3 is 3.07 bits per heavy atom. The van der Waals surface area contributed by atoms with E-state index >= 15 is 0 Å². The van der Waals surface area contributed by atoms with Gasteiger partial charge in [-0.05, 0) is 19.9 Å². The normalized spacial score (nSPS) is 16.6. The van der Waals surface area contributed by atoms with Gasteiger partial charge in [-0.1, -0.05) is 11.3 Å². The van der Waals surface area contributed by atoms with E-state index in [2.05, 4.69) is 20.6 Å². The van der Waals surface area contributed by atoms with Gasteiger partial charge in [0.25, 0.3) is 0 Å². The van der Waals surface area contributed by atoms with Crippen LogP contribution in [-0.4, -0.2) is 26.9 Å². The van der Waals surface area contributed by atoms with Crippen molar-refractivity contribution >= 4 is 16.3 Å². The van der Waals surface area contributed by atoms with Crippen LogP contribution < -0.4 is 5.32 Å². The van der Waals surface area contributed by atoms with E-state index in [0.717, 1.165) is 22.3 Å². The molecule has 1 aliphatic carbocycles. The van der Waals surface area contributed by atoms with Crippen molar-refractivity contribution in [3.63, 3.8) is 0 Å². The molecule has 2 aromatic heterocycles. The Morgan fingerprint density at radius 2 is 2.36 bits per heavy atom. The van der Waals surface area contributed by atoms with Crippen molar-refractivity contribution in [1.29, 1.82) is 0 Å². The van der Waals surface area contributed by atoms with Crippen LogP contribution in [0.1, 0.15) is 29.6 Å². The van der Waals surface area contributed by atoms with Gasteiger partial charge in [-0.15, -0.1) is 10.2 Å². The van der Waals surface area contributed by atoms with Crippen LogP contribution in [0, 0.1) is 0 Å². The Bertz CT molecular complexity index is 455. The van der Waals surface area contributed by atoms with Crippen LogP contribution in [0.5, 0.6) is 0 Å². The molecule has 1 fully saturated rings. The maximum absolute atomic E-state index is 4.47. The molecule has 74 valence electrons. The average molecular weight is 209 g/mol. The average Bonchev–Trinajstić information content (AvgIpc) is 2.80. The van der Waals surface area contributed by atoms with Crippen LogP contribution in [0.3, 0.4) is 0 Å². The Balaban J connectivity index is 2.05. The minimum Gasteiger partial charge on any atom is -0.313 e. The molecule has 0 amide bonds. The second-order valence-corrected chi connectivity index (χ2v) is 4.59. The number of aromatic nitrogens is 4. The third-order valence-corrected chi connectivity index (χ3v) is 3.23. The monoisotopic (exact) mass is 209 g/mol. The molecule has 1 aliphatic rings. The topological polar surface area (TPSA) is 55.1 Å². The zero-order chi connectivity index (χ0) is 9.54. The second-order valence-electron chi connectivity index (χ2n) is 3.55. The van der Waals surface area contributed by atoms with Crippen LogP contribution >= 0.6 is 11.3 Å². The van der Waals surface area contributed by atoms with Gasteiger partial charge in [-0.2, -0.15) is 9.61 Å². The van der Waals surface area contributed by atoms with Gasteiger partial charge in [0.15, 0.2) is 5.82 Å². The van der Waals surface area contributed by atoms with Crippen molar-refractivity contribution in [2.24, 2.45) is 0 Å². The highest BCUT2D eigenvalue weighted by Gasteiger charge is 2.29. The summed E-state index contributed by atoms with van der Waals surface area (Å²) in [6.45, 7) is 0.804. The summed E-state index contributed by atoms with van der Waals surface area (Å²) in [5.74, 6) is 1.65. The fraction of sp³-hybridized carbons (Fsp3) is 0.625. The summed E-state index contributed by atoms with van der Waals surface area (Å²) in [5.41, 5.74) is 0. The Labute approximate surface area is 85.2 Å². The molecule has 0 spiro atoms. The van der Waals surface area contributed by atoms with Crippen molar-refractivity contribution in [3.8, 4) is 0 Å². The van der Waals surface area contributed by atoms with E-state index in [0.29, 0.717) is 5.92 Å². The molecule has 1 N–H and O–H groups in total. The number of hydrogen-bond donors (Lipinski definition) is 1. The van der Waals surface area contributed by atoms with E-state index in [1.165, 1.54) is 12.8 Å². The highest BCUT2D eigenvalue weighted by Crippen LogP contribution is 2.39. The zero-order valence-corrected chi connectivity index (χ0v) is 8.71. The molecule has 0 unspecified atom stereocenters. The quantitative estimate of drug-likeness (QED) is 0.811. The summed E-state index contributed by atoms with van der Waals surface area (Å²) in [6, 6.07) is 0. The lowest BCUT2D eigenvalue weighted by atomic mass is 10.4. The van der Waals surface area contributed by atoms with E-state index in [-0.39, 0.29) is 0 Å². The minimum absolute atomic E-state index is 0.606. The van der Waals surface area contributed by atoms with E-state index in [1.807, 2.05) is 11.6 Å². The van der Waals surface area contributed by atoms with Crippen molar-refractivity contribution in [2.45, 2.75) is 25.3 Å². The van der Waals surface area contributed by atoms with Gasteiger partial charge in [0.05, 0.1) is 0 Å². The Morgan fingerprint density at radius 1 is 1.50 bits per heavy atom. The molecule has 2 heterocycles. The lowest BCUT2D eigenvalue weighted by molar-refractivity contribution is 0.755. The lowest BCUT2D eigenvalue weighted by Crippen LogP contribution is -2.05. The maximum atomic E-state index is 4.47. The molecule has 6 heteroatoms. The summed E-state index contributed by atoms with van der Waals surface area (Å²) >= 11 is 1.60. The predicted octanol–water partition coefficient (Wildman–Crippen LogP) is 0.783. The zero-order valence-electron chi connectivity index (χ0n) is 7.90. The van der Waals surface area contributed by atoms with Gasteiger partial charge >= 0.3 is 0 Å². The van der Waals surface area contributed by atoms with Gasteiger partial charge in [0.1, 0.15) is 5.01 Å². The molecule has 0 aliphatic heterocycles. The molecule has 0 atom stereocenters. The number of nitrogens with one attached hydrogen (secondary N) is 1. The van der Waals surface area contributed by atoms with Crippen molar-refractivity contribution in [3.05, 3.63) is 10.8 Å². The molecule has 2 aromatic rings. The SMILES string of the molecule is CNCc1nn2c(C3CC3)nnc2s1. The van der Waals surface area contributed by atoms with E-state index in [9.17, 15) is 0 Å². The van der Waals surface area contributed by atoms with E-state index in [4.69, 9.17) is 0 Å². The fourth-order valence-electron chi connectivity index (χ4n) is 1.49. The first-order valence-electron chi connectivity index (χ1n) is 4.74. The summed E-state index contributed by atoms with van der Waals surface area (Å²) in [5, 5.41) is 16.9. The molecular weight excluding hydrogens is 198 g/mol. The molecular formula is C8H11N5S. The summed E-state index contributed by atoms with van der Waals surface area (Å²) in [4.78, 5) is 0.914. The molecule has 14 heavy (non-hydrogen) atoms. The van der Waals surface area contributed by atoms with Gasteiger partial charge in [0.2, 0.25) is 4.96 Å². The molecule has 0 radical (unpaired) electrons. The molecule has 0 saturated heterocycles. The minimum atomic E-state index is 0.606. The molecule has 1 saturated carbocycles. The predicted molar refractivity (Wildman–Crippen MR) is 53.4 cm³/mol. The van der Waals surface area contributed by atoms with E-state index < -0.39 is 0 Å². The molecule has 3 rings (SSSR count). The van der Waals surface area contributed by atoms with Gasteiger partial charge < -0.3 is 5.32 Å². The molecule has 0 bridgehead atoms. The van der Waals surface area contributed by atoms with Crippen LogP contribution in [0.15, 0.2) is 0 Å². The second kappa shape index (κ2) is 2.99. The highest BCUT2D eigenvalue weighted by molar-refractivity contribution is 7.16. The number of rotatable bonds is 3. The van der Waals surface area contributed by atoms with Crippen molar-refractivity contribution < 1.29 is 0 Å². The summed E-state index contributed by atoms with van der Waals surface area (Å²) in [6.07, 6.45) is 2.47. The molecule has 5 nitrogen and oxygen atoms in total. The fourth-order valence-corrected chi connectivity index (χ4v) is 2.34. The lowest BCUT2D eigenvalue weighted by Gasteiger charge is -1.91. The Hall–Kier alpha value is -1.01. The number of hydrogen-bond acceptors (Lipinski definition) is 5.